The van der Waals surface area contributed by atoms with Crippen molar-refractivity contribution in [3.8, 4) is 0 Å². The fourth-order valence-corrected chi connectivity index (χ4v) is 1.95. The summed E-state index contributed by atoms with van der Waals surface area (Å²) in [7, 11) is 0. The molecule has 0 radical (unpaired) electrons. The highest BCUT2D eigenvalue weighted by Gasteiger charge is 2.19. The van der Waals surface area contributed by atoms with E-state index in [9.17, 15) is 4.79 Å². The maximum atomic E-state index is 11.7. The van der Waals surface area contributed by atoms with Crippen LogP contribution in [0.4, 0.5) is 0 Å². The second kappa shape index (κ2) is 12.4. The molecule has 4 heteroatoms. The van der Waals surface area contributed by atoms with Gasteiger partial charge in [-0.05, 0) is 25.8 Å². The van der Waals surface area contributed by atoms with Crippen LogP contribution in [-0.2, 0) is 14.3 Å². The summed E-state index contributed by atoms with van der Waals surface area (Å²) >= 11 is 0. The number of esters is 1. The lowest BCUT2D eigenvalue weighted by atomic mass is 10.0. The molecule has 0 amide bonds. The van der Waals surface area contributed by atoms with Crippen LogP contribution in [0, 0.1) is 5.92 Å². The fourth-order valence-electron chi connectivity index (χ4n) is 1.95. The summed E-state index contributed by atoms with van der Waals surface area (Å²) in [5, 5.41) is 3.10. The first-order valence-electron chi connectivity index (χ1n) is 7.67. The summed E-state index contributed by atoms with van der Waals surface area (Å²) < 4.78 is 10.7. The zero-order valence-corrected chi connectivity index (χ0v) is 13.0. The molecule has 0 saturated carbocycles. The van der Waals surface area contributed by atoms with Crippen LogP contribution in [-0.4, -0.2) is 38.4 Å². The van der Waals surface area contributed by atoms with Crippen molar-refractivity contribution in [3.63, 3.8) is 0 Å². The lowest BCUT2D eigenvalue weighted by molar-refractivity contribution is -0.147. The number of nitrogens with one attached hydrogen (secondary N) is 1. The summed E-state index contributed by atoms with van der Waals surface area (Å²) in [4.78, 5) is 11.7. The molecule has 0 aliphatic rings. The van der Waals surface area contributed by atoms with Gasteiger partial charge in [-0.15, -0.1) is 0 Å². The van der Waals surface area contributed by atoms with Crippen LogP contribution in [0.3, 0.4) is 0 Å². The molecule has 0 aromatic rings. The number of hydrogen-bond acceptors (Lipinski definition) is 4. The number of unbranched alkanes of at least 4 members (excludes halogenated alkanes) is 1. The SMILES string of the molecule is CCCCC(CC)COCC(NCC)C(=O)OCC. The van der Waals surface area contributed by atoms with Crippen LogP contribution in [0.25, 0.3) is 0 Å². The highest BCUT2D eigenvalue weighted by atomic mass is 16.5. The Hall–Kier alpha value is -0.610. The molecule has 0 aromatic carbocycles. The van der Waals surface area contributed by atoms with Crippen molar-refractivity contribution in [2.24, 2.45) is 5.92 Å². The molecule has 0 aliphatic heterocycles. The van der Waals surface area contributed by atoms with Gasteiger partial charge in [-0.3, -0.25) is 4.79 Å². The normalized spacial score (nSPS) is 14.1. The second-order valence-electron chi connectivity index (χ2n) is 4.82. The van der Waals surface area contributed by atoms with Crippen molar-refractivity contribution in [2.75, 3.05) is 26.4 Å². The second-order valence-corrected chi connectivity index (χ2v) is 4.82. The number of hydrogen-bond donors (Lipinski definition) is 1. The Labute approximate surface area is 118 Å². The Bertz CT molecular complexity index is 221. The Morgan fingerprint density at radius 1 is 1.16 bits per heavy atom. The largest absolute Gasteiger partial charge is 0.465 e. The van der Waals surface area contributed by atoms with Crippen LogP contribution in [0.5, 0.6) is 0 Å². The zero-order valence-electron chi connectivity index (χ0n) is 13.0. The maximum absolute atomic E-state index is 11.7. The Balaban J connectivity index is 3.98. The van der Waals surface area contributed by atoms with Crippen molar-refractivity contribution in [1.82, 2.24) is 5.32 Å². The summed E-state index contributed by atoms with van der Waals surface area (Å²) in [5.41, 5.74) is 0. The third kappa shape index (κ3) is 9.00. The molecule has 0 aromatic heterocycles. The van der Waals surface area contributed by atoms with Gasteiger partial charge in [0.15, 0.2) is 0 Å². The molecule has 0 spiro atoms. The lowest BCUT2D eigenvalue weighted by Crippen LogP contribution is -2.42. The van der Waals surface area contributed by atoms with Gasteiger partial charge in [0.25, 0.3) is 0 Å². The number of rotatable bonds is 12. The minimum absolute atomic E-state index is 0.217. The Morgan fingerprint density at radius 2 is 1.89 bits per heavy atom. The van der Waals surface area contributed by atoms with E-state index in [0.29, 0.717) is 19.1 Å². The fraction of sp³-hybridized carbons (Fsp3) is 0.933. The van der Waals surface area contributed by atoms with Gasteiger partial charge in [-0.25, -0.2) is 0 Å². The Morgan fingerprint density at radius 3 is 2.42 bits per heavy atom. The van der Waals surface area contributed by atoms with Gasteiger partial charge in [0.2, 0.25) is 0 Å². The van der Waals surface area contributed by atoms with Gasteiger partial charge in [0.05, 0.1) is 13.2 Å². The predicted molar refractivity (Wildman–Crippen MR) is 78.2 cm³/mol. The third-order valence-electron chi connectivity index (χ3n) is 3.20. The molecule has 2 atom stereocenters. The molecule has 0 heterocycles. The topological polar surface area (TPSA) is 47.6 Å². The van der Waals surface area contributed by atoms with Gasteiger partial charge >= 0.3 is 5.97 Å². The monoisotopic (exact) mass is 273 g/mol. The summed E-state index contributed by atoms with van der Waals surface area (Å²) in [6, 6.07) is -0.339. The lowest BCUT2D eigenvalue weighted by Gasteiger charge is -2.19. The van der Waals surface area contributed by atoms with Crippen LogP contribution in [0.1, 0.15) is 53.4 Å². The van der Waals surface area contributed by atoms with E-state index in [2.05, 4.69) is 19.2 Å². The molecule has 0 saturated heterocycles. The van der Waals surface area contributed by atoms with Gasteiger partial charge in [-0.1, -0.05) is 40.0 Å². The van der Waals surface area contributed by atoms with Gasteiger partial charge in [0, 0.05) is 6.61 Å². The van der Waals surface area contributed by atoms with E-state index in [1.165, 1.54) is 19.3 Å². The summed E-state index contributed by atoms with van der Waals surface area (Å²) in [6.45, 7) is 10.5. The van der Waals surface area contributed by atoms with Crippen LogP contribution >= 0.6 is 0 Å². The number of ether oxygens (including phenoxy) is 2. The van der Waals surface area contributed by atoms with Crippen LogP contribution < -0.4 is 5.32 Å². The molecule has 19 heavy (non-hydrogen) atoms. The van der Waals surface area contributed by atoms with E-state index >= 15 is 0 Å². The molecular weight excluding hydrogens is 242 g/mol. The average molecular weight is 273 g/mol. The summed E-state index contributed by atoms with van der Waals surface area (Å²) in [6.07, 6.45) is 4.80. The van der Waals surface area contributed by atoms with Crippen molar-refractivity contribution < 1.29 is 14.3 Å². The van der Waals surface area contributed by atoms with Crippen molar-refractivity contribution >= 4 is 5.97 Å². The quantitative estimate of drug-likeness (QED) is 0.555. The molecule has 4 nitrogen and oxygen atoms in total. The number of likely N-dealkylation sites (N-methyl/N-ethyl adjacent to an activating group) is 1. The van der Waals surface area contributed by atoms with Crippen LogP contribution in [0.2, 0.25) is 0 Å². The predicted octanol–water partition coefficient (Wildman–Crippen LogP) is 2.76. The number of carbonyl (C=O) groups excluding carboxylic acids is 1. The molecule has 0 bridgehead atoms. The number of carbonyl (C=O) groups is 1. The zero-order chi connectivity index (χ0) is 14.5. The highest BCUT2D eigenvalue weighted by molar-refractivity contribution is 5.75. The van der Waals surface area contributed by atoms with E-state index in [0.717, 1.165) is 19.6 Å². The molecule has 0 fully saturated rings. The average Bonchev–Trinajstić information content (AvgIpc) is 2.41. The molecule has 1 N–H and O–H groups in total. The van der Waals surface area contributed by atoms with Gasteiger partial charge in [-0.2, -0.15) is 0 Å². The minimum atomic E-state index is -0.339. The van der Waals surface area contributed by atoms with E-state index < -0.39 is 0 Å². The first-order chi connectivity index (χ1) is 9.19. The van der Waals surface area contributed by atoms with Gasteiger partial charge in [0.1, 0.15) is 6.04 Å². The van der Waals surface area contributed by atoms with Crippen molar-refractivity contribution in [3.05, 3.63) is 0 Å². The highest BCUT2D eigenvalue weighted by Crippen LogP contribution is 2.12. The van der Waals surface area contributed by atoms with Crippen molar-refractivity contribution in [1.29, 1.82) is 0 Å². The van der Waals surface area contributed by atoms with Crippen LogP contribution in [0.15, 0.2) is 0 Å². The standard InChI is InChI=1S/C15H31NO3/c1-5-9-10-13(6-2)11-18-12-14(16-7-3)15(17)19-8-4/h13-14,16H,5-12H2,1-4H3. The minimum Gasteiger partial charge on any atom is -0.465 e. The molecule has 2 unspecified atom stereocenters. The van der Waals surface area contributed by atoms with Crippen molar-refractivity contribution in [2.45, 2.75) is 59.4 Å². The van der Waals surface area contributed by atoms with E-state index in [-0.39, 0.29) is 12.0 Å². The maximum Gasteiger partial charge on any atom is 0.325 e. The first kappa shape index (κ1) is 18.4. The van der Waals surface area contributed by atoms with E-state index in [4.69, 9.17) is 9.47 Å². The molecular formula is C15H31NO3. The smallest absolute Gasteiger partial charge is 0.325 e. The first-order valence-corrected chi connectivity index (χ1v) is 7.67. The van der Waals surface area contributed by atoms with Gasteiger partial charge < -0.3 is 14.8 Å². The molecule has 114 valence electrons. The third-order valence-corrected chi connectivity index (χ3v) is 3.20. The molecule has 0 rings (SSSR count). The van der Waals surface area contributed by atoms with E-state index in [1.807, 2.05) is 13.8 Å². The Kier molecular flexibility index (Phi) is 12.0. The summed E-state index contributed by atoms with van der Waals surface area (Å²) in [5.74, 6) is 0.385. The molecule has 0 aliphatic carbocycles. The van der Waals surface area contributed by atoms with E-state index in [1.54, 1.807) is 0 Å².